The summed E-state index contributed by atoms with van der Waals surface area (Å²) in [7, 11) is 0. The summed E-state index contributed by atoms with van der Waals surface area (Å²) in [5, 5.41) is 4.08. The predicted molar refractivity (Wildman–Crippen MR) is 94.5 cm³/mol. The van der Waals surface area contributed by atoms with E-state index in [0.29, 0.717) is 18.2 Å². The van der Waals surface area contributed by atoms with Crippen LogP contribution in [-0.4, -0.2) is 71.9 Å². The molecule has 6 heteroatoms. The van der Waals surface area contributed by atoms with Crippen LogP contribution in [0.4, 0.5) is 0 Å². The molecule has 1 amide bonds. The van der Waals surface area contributed by atoms with Gasteiger partial charge in [0.1, 0.15) is 0 Å². The molecular weight excluding hydrogens is 296 g/mol. The van der Waals surface area contributed by atoms with Gasteiger partial charge < -0.3 is 15.1 Å². The van der Waals surface area contributed by atoms with Crippen molar-refractivity contribution in [3.8, 4) is 0 Å². The molecule has 2 aliphatic rings. The highest BCUT2D eigenvalue weighted by atomic mass is 32.2. The Kier molecular flexibility index (Phi) is 7.36. The van der Waals surface area contributed by atoms with Gasteiger partial charge in [0.25, 0.3) is 0 Å². The van der Waals surface area contributed by atoms with Gasteiger partial charge in [-0.25, -0.2) is 0 Å². The van der Waals surface area contributed by atoms with Crippen molar-refractivity contribution in [2.75, 3.05) is 45.0 Å². The van der Waals surface area contributed by atoms with Crippen LogP contribution in [0.2, 0.25) is 0 Å². The van der Waals surface area contributed by atoms with E-state index >= 15 is 0 Å². The Hall–Kier alpha value is -0.910. The molecule has 0 bridgehead atoms. The number of thioether (sulfide) groups is 1. The van der Waals surface area contributed by atoms with Crippen LogP contribution in [0.3, 0.4) is 0 Å². The minimum Gasteiger partial charge on any atom is -0.357 e. The molecule has 2 saturated heterocycles. The van der Waals surface area contributed by atoms with E-state index in [2.05, 4.69) is 35.8 Å². The smallest absolute Gasteiger partial charge is 0.224 e. The van der Waals surface area contributed by atoms with Gasteiger partial charge in [0.15, 0.2) is 5.96 Å². The van der Waals surface area contributed by atoms with Crippen LogP contribution in [-0.2, 0) is 4.79 Å². The summed E-state index contributed by atoms with van der Waals surface area (Å²) in [6.07, 6.45) is 4.05. The number of aliphatic imine (C=N–C) groups is 1. The molecule has 2 aliphatic heterocycles. The molecule has 22 heavy (non-hydrogen) atoms. The molecule has 0 aliphatic carbocycles. The minimum absolute atomic E-state index is 0.262. The zero-order valence-electron chi connectivity index (χ0n) is 14.0. The molecule has 5 nitrogen and oxygen atoms in total. The first kappa shape index (κ1) is 17.4. The number of nitrogens with zero attached hydrogens (tertiary/aromatic N) is 3. The van der Waals surface area contributed by atoms with Crippen molar-refractivity contribution in [3.05, 3.63) is 0 Å². The number of hydrogen-bond donors (Lipinski definition) is 1. The van der Waals surface area contributed by atoms with Crippen LogP contribution >= 0.6 is 11.8 Å². The van der Waals surface area contributed by atoms with E-state index in [0.717, 1.165) is 57.3 Å². The highest BCUT2D eigenvalue weighted by Gasteiger charge is 2.22. The van der Waals surface area contributed by atoms with E-state index in [-0.39, 0.29) is 5.91 Å². The summed E-state index contributed by atoms with van der Waals surface area (Å²) in [6, 6.07) is 0. The SMILES string of the molecule is CCNC(=NCCC(=O)N1CCCC1)N1CCSC(CC)C1. The Morgan fingerprint density at radius 1 is 1.23 bits per heavy atom. The zero-order valence-corrected chi connectivity index (χ0v) is 14.8. The maximum absolute atomic E-state index is 12.1. The summed E-state index contributed by atoms with van der Waals surface area (Å²) in [5.74, 6) is 2.41. The van der Waals surface area contributed by atoms with Crippen molar-refractivity contribution < 1.29 is 4.79 Å². The molecule has 1 unspecified atom stereocenters. The lowest BCUT2D eigenvalue weighted by atomic mass is 10.3. The first-order chi connectivity index (χ1) is 10.7. The Labute approximate surface area is 138 Å². The highest BCUT2D eigenvalue weighted by molar-refractivity contribution is 8.00. The molecule has 2 heterocycles. The van der Waals surface area contributed by atoms with Crippen molar-refractivity contribution in [1.82, 2.24) is 15.1 Å². The Morgan fingerprint density at radius 3 is 2.68 bits per heavy atom. The first-order valence-corrected chi connectivity index (χ1v) is 9.72. The Morgan fingerprint density at radius 2 is 2.00 bits per heavy atom. The van der Waals surface area contributed by atoms with E-state index < -0.39 is 0 Å². The summed E-state index contributed by atoms with van der Waals surface area (Å²) < 4.78 is 0. The molecule has 0 radical (unpaired) electrons. The lowest BCUT2D eigenvalue weighted by molar-refractivity contribution is -0.129. The summed E-state index contributed by atoms with van der Waals surface area (Å²) in [6.45, 7) is 9.80. The molecule has 1 atom stereocenters. The van der Waals surface area contributed by atoms with E-state index in [9.17, 15) is 4.79 Å². The first-order valence-electron chi connectivity index (χ1n) is 8.67. The molecule has 1 N–H and O–H groups in total. The van der Waals surface area contributed by atoms with Gasteiger partial charge in [-0.1, -0.05) is 6.92 Å². The number of likely N-dealkylation sites (tertiary alicyclic amines) is 1. The second-order valence-electron chi connectivity index (χ2n) is 5.92. The molecule has 126 valence electrons. The summed E-state index contributed by atoms with van der Waals surface area (Å²) in [4.78, 5) is 21.1. The third-order valence-electron chi connectivity index (χ3n) is 4.27. The van der Waals surface area contributed by atoms with Crippen LogP contribution in [0.15, 0.2) is 4.99 Å². The average molecular weight is 327 g/mol. The number of carbonyl (C=O) groups is 1. The quantitative estimate of drug-likeness (QED) is 0.618. The molecular formula is C16H30N4OS. The third kappa shape index (κ3) is 5.07. The Bertz CT molecular complexity index is 382. The third-order valence-corrected chi connectivity index (χ3v) is 5.65. The van der Waals surface area contributed by atoms with Crippen molar-refractivity contribution in [2.45, 2.75) is 44.8 Å². The van der Waals surface area contributed by atoms with Gasteiger partial charge in [0.05, 0.1) is 6.54 Å². The molecule has 0 aromatic rings. The number of amides is 1. The number of carbonyl (C=O) groups excluding carboxylic acids is 1. The van der Waals surface area contributed by atoms with Crippen LogP contribution in [0.1, 0.15) is 39.5 Å². The molecule has 0 spiro atoms. The van der Waals surface area contributed by atoms with Gasteiger partial charge in [-0.05, 0) is 26.2 Å². The molecule has 0 aromatic heterocycles. The lowest BCUT2D eigenvalue weighted by Gasteiger charge is -2.34. The van der Waals surface area contributed by atoms with Crippen molar-refractivity contribution in [2.24, 2.45) is 4.99 Å². The second-order valence-corrected chi connectivity index (χ2v) is 7.33. The fourth-order valence-corrected chi connectivity index (χ4v) is 4.15. The second kappa shape index (κ2) is 9.28. The standard InChI is InChI=1S/C16H30N4OS/c1-3-14-13-20(11-12-22-14)16(17-4-2)18-8-7-15(21)19-9-5-6-10-19/h14H,3-13H2,1-2H3,(H,17,18). The van der Waals surface area contributed by atoms with Crippen LogP contribution in [0, 0.1) is 0 Å². The van der Waals surface area contributed by atoms with Crippen LogP contribution in [0.5, 0.6) is 0 Å². The van der Waals surface area contributed by atoms with Crippen molar-refractivity contribution in [1.29, 1.82) is 0 Å². The Balaban J connectivity index is 1.84. The van der Waals surface area contributed by atoms with E-state index in [1.165, 1.54) is 6.42 Å². The highest BCUT2D eigenvalue weighted by Crippen LogP contribution is 2.21. The monoisotopic (exact) mass is 326 g/mol. The van der Waals surface area contributed by atoms with Crippen LogP contribution < -0.4 is 5.32 Å². The zero-order chi connectivity index (χ0) is 15.8. The number of guanidine groups is 1. The van der Waals surface area contributed by atoms with Gasteiger partial charge in [0, 0.05) is 50.1 Å². The lowest BCUT2D eigenvalue weighted by Crippen LogP contribution is -2.48. The topological polar surface area (TPSA) is 47.9 Å². The predicted octanol–water partition coefficient (Wildman–Crippen LogP) is 1.79. The summed E-state index contributed by atoms with van der Waals surface area (Å²) in [5.41, 5.74) is 0. The fraction of sp³-hybridized carbons (Fsp3) is 0.875. The van der Waals surface area contributed by atoms with Gasteiger partial charge in [-0.15, -0.1) is 0 Å². The fourth-order valence-electron chi connectivity index (χ4n) is 2.97. The molecule has 0 aromatic carbocycles. The van der Waals surface area contributed by atoms with Crippen molar-refractivity contribution >= 4 is 23.6 Å². The molecule has 0 saturated carbocycles. The molecule has 2 fully saturated rings. The van der Waals surface area contributed by atoms with E-state index in [4.69, 9.17) is 4.99 Å². The summed E-state index contributed by atoms with van der Waals surface area (Å²) >= 11 is 2.06. The van der Waals surface area contributed by atoms with Gasteiger partial charge in [-0.2, -0.15) is 11.8 Å². The van der Waals surface area contributed by atoms with E-state index in [1.807, 2.05) is 4.90 Å². The number of nitrogens with one attached hydrogen (secondary N) is 1. The maximum atomic E-state index is 12.1. The molecule has 2 rings (SSSR count). The minimum atomic E-state index is 0.262. The van der Waals surface area contributed by atoms with Crippen molar-refractivity contribution in [3.63, 3.8) is 0 Å². The normalized spacial score (nSPS) is 23.0. The largest absolute Gasteiger partial charge is 0.357 e. The van der Waals surface area contributed by atoms with Gasteiger partial charge in [-0.3, -0.25) is 9.79 Å². The number of hydrogen-bond acceptors (Lipinski definition) is 3. The van der Waals surface area contributed by atoms with Gasteiger partial charge >= 0.3 is 0 Å². The van der Waals surface area contributed by atoms with Crippen LogP contribution in [0.25, 0.3) is 0 Å². The average Bonchev–Trinajstić information content (AvgIpc) is 3.08. The van der Waals surface area contributed by atoms with Gasteiger partial charge in [0.2, 0.25) is 5.91 Å². The maximum Gasteiger partial charge on any atom is 0.224 e. The number of rotatable bonds is 5. The van der Waals surface area contributed by atoms with E-state index in [1.54, 1.807) is 0 Å².